The van der Waals surface area contributed by atoms with Crippen LogP contribution in [-0.4, -0.2) is 15.9 Å². The van der Waals surface area contributed by atoms with Gasteiger partial charge in [-0.15, -0.1) is 0 Å². The Balaban J connectivity index is 1.53. The van der Waals surface area contributed by atoms with E-state index in [-0.39, 0.29) is 11.8 Å². The van der Waals surface area contributed by atoms with E-state index in [1.54, 1.807) is 12.4 Å². The van der Waals surface area contributed by atoms with Crippen LogP contribution in [0, 0.1) is 5.92 Å². The molecule has 0 unspecified atom stereocenters. The summed E-state index contributed by atoms with van der Waals surface area (Å²) < 4.78 is 0. The fourth-order valence-corrected chi connectivity index (χ4v) is 2.47. The summed E-state index contributed by atoms with van der Waals surface area (Å²) in [5.41, 5.74) is 2.54. The van der Waals surface area contributed by atoms with E-state index in [1.165, 1.54) is 0 Å². The summed E-state index contributed by atoms with van der Waals surface area (Å²) in [6.45, 7) is 0. The van der Waals surface area contributed by atoms with Gasteiger partial charge in [-0.2, -0.15) is 0 Å². The van der Waals surface area contributed by atoms with Crippen molar-refractivity contribution < 1.29 is 4.79 Å². The highest BCUT2D eigenvalue weighted by Gasteiger charge is 2.29. The zero-order chi connectivity index (χ0) is 15.6. The highest BCUT2D eigenvalue weighted by molar-refractivity contribution is 5.94. The first-order valence-corrected chi connectivity index (χ1v) is 7.67. The van der Waals surface area contributed by atoms with E-state index in [2.05, 4.69) is 20.6 Å². The van der Waals surface area contributed by atoms with Crippen molar-refractivity contribution in [2.24, 2.45) is 5.92 Å². The number of nitrogens with one attached hydrogen (secondary N) is 2. The van der Waals surface area contributed by atoms with E-state index in [0.29, 0.717) is 5.82 Å². The molecular weight excluding hydrogens is 288 g/mol. The third-order valence-electron chi connectivity index (χ3n) is 3.87. The lowest BCUT2D eigenvalue weighted by molar-refractivity contribution is -0.117. The number of rotatable bonds is 4. The van der Waals surface area contributed by atoms with Gasteiger partial charge in [0.1, 0.15) is 5.82 Å². The van der Waals surface area contributed by atoms with Crippen molar-refractivity contribution in [1.29, 1.82) is 0 Å². The summed E-state index contributed by atoms with van der Waals surface area (Å²) in [6, 6.07) is 13.6. The largest absolute Gasteiger partial charge is 0.338 e. The minimum Gasteiger partial charge on any atom is -0.338 e. The van der Waals surface area contributed by atoms with E-state index in [9.17, 15) is 4.79 Å². The third-order valence-corrected chi connectivity index (χ3v) is 3.87. The first kappa shape index (κ1) is 13.7. The Morgan fingerprint density at radius 3 is 2.70 bits per heavy atom. The molecule has 1 aliphatic carbocycles. The van der Waals surface area contributed by atoms with Crippen molar-refractivity contribution >= 4 is 34.0 Å². The fraction of sp³-hybridized carbons (Fsp3) is 0.167. The van der Waals surface area contributed by atoms with Crippen molar-refractivity contribution in [1.82, 2.24) is 9.97 Å². The number of amides is 1. The molecule has 0 radical (unpaired) electrons. The number of carbonyl (C=O) groups is 1. The Labute approximate surface area is 133 Å². The molecule has 4 rings (SSSR count). The van der Waals surface area contributed by atoms with Crippen molar-refractivity contribution in [3.8, 4) is 0 Å². The molecule has 0 aliphatic heterocycles. The molecule has 5 nitrogen and oxygen atoms in total. The van der Waals surface area contributed by atoms with Gasteiger partial charge < -0.3 is 10.6 Å². The normalized spacial score (nSPS) is 13.7. The molecule has 0 saturated heterocycles. The molecule has 2 heterocycles. The van der Waals surface area contributed by atoms with Gasteiger partial charge >= 0.3 is 0 Å². The van der Waals surface area contributed by atoms with Crippen LogP contribution in [0.2, 0.25) is 0 Å². The lowest BCUT2D eigenvalue weighted by Crippen LogP contribution is -2.13. The number of fused-ring (bicyclic) bond motifs is 1. The smallest absolute Gasteiger partial charge is 0.227 e. The number of aromatic nitrogens is 2. The molecule has 1 aliphatic rings. The average Bonchev–Trinajstić information content (AvgIpc) is 3.42. The molecule has 1 fully saturated rings. The topological polar surface area (TPSA) is 66.9 Å². The van der Waals surface area contributed by atoms with E-state index in [0.717, 1.165) is 35.1 Å². The molecule has 114 valence electrons. The second-order valence-corrected chi connectivity index (χ2v) is 5.70. The number of anilines is 3. The Bertz CT molecular complexity index is 851. The molecule has 2 N–H and O–H groups in total. The predicted molar refractivity (Wildman–Crippen MR) is 90.6 cm³/mol. The molecule has 23 heavy (non-hydrogen) atoms. The van der Waals surface area contributed by atoms with Crippen LogP contribution >= 0.6 is 0 Å². The number of nitrogens with zero attached hydrogens (tertiary/aromatic N) is 2. The lowest BCUT2D eigenvalue weighted by Gasteiger charge is -2.09. The van der Waals surface area contributed by atoms with Crippen molar-refractivity contribution in [2.45, 2.75) is 12.8 Å². The minimum atomic E-state index is 0.0887. The van der Waals surface area contributed by atoms with E-state index in [1.807, 2.05) is 42.5 Å². The molecule has 1 aromatic carbocycles. The monoisotopic (exact) mass is 304 g/mol. The van der Waals surface area contributed by atoms with Crippen LogP contribution in [0.4, 0.5) is 17.2 Å². The van der Waals surface area contributed by atoms with E-state index in [4.69, 9.17) is 0 Å². The minimum absolute atomic E-state index is 0.0887. The predicted octanol–water partition coefficient (Wildman–Crippen LogP) is 3.72. The molecule has 5 heteroatoms. The second-order valence-electron chi connectivity index (χ2n) is 5.70. The number of pyridine rings is 2. The quantitative estimate of drug-likeness (QED) is 0.771. The van der Waals surface area contributed by atoms with Crippen LogP contribution in [-0.2, 0) is 4.79 Å². The summed E-state index contributed by atoms with van der Waals surface area (Å²) in [5, 5.41) is 7.23. The van der Waals surface area contributed by atoms with Gasteiger partial charge in [0.2, 0.25) is 5.91 Å². The average molecular weight is 304 g/mol. The maximum absolute atomic E-state index is 11.7. The first-order chi connectivity index (χ1) is 11.3. The summed E-state index contributed by atoms with van der Waals surface area (Å²) in [4.78, 5) is 20.5. The lowest BCUT2D eigenvalue weighted by atomic mass is 10.2. The molecular formula is C18H16N4O. The zero-order valence-corrected chi connectivity index (χ0v) is 12.5. The van der Waals surface area contributed by atoms with Gasteiger partial charge in [0.05, 0.1) is 23.1 Å². The summed E-state index contributed by atoms with van der Waals surface area (Å²) in [7, 11) is 0. The summed E-state index contributed by atoms with van der Waals surface area (Å²) in [6.07, 6.45) is 5.43. The van der Waals surface area contributed by atoms with Gasteiger partial charge in [-0.1, -0.05) is 18.2 Å². The van der Waals surface area contributed by atoms with Crippen molar-refractivity contribution in [3.63, 3.8) is 0 Å². The Morgan fingerprint density at radius 2 is 1.91 bits per heavy atom. The third kappa shape index (κ3) is 2.99. The van der Waals surface area contributed by atoms with Gasteiger partial charge in [-0.05, 0) is 37.1 Å². The number of para-hydroxylation sites is 1. The molecule has 3 aromatic rings. The van der Waals surface area contributed by atoms with Crippen LogP contribution < -0.4 is 10.6 Å². The number of hydrogen-bond acceptors (Lipinski definition) is 4. The number of carbonyl (C=O) groups excluding carboxylic acids is 1. The summed E-state index contributed by atoms with van der Waals surface area (Å²) in [5.74, 6) is 0.993. The van der Waals surface area contributed by atoms with Crippen molar-refractivity contribution in [2.75, 3.05) is 10.6 Å². The van der Waals surface area contributed by atoms with Crippen LogP contribution in [0.1, 0.15) is 12.8 Å². The highest BCUT2D eigenvalue weighted by atomic mass is 16.2. The highest BCUT2D eigenvalue weighted by Crippen LogP contribution is 2.30. The van der Waals surface area contributed by atoms with Crippen LogP contribution in [0.15, 0.2) is 54.9 Å². The second kappa shape index (κ2) is 5.68. The van der Waals surface area contributed by atoms with Crippen LogP contribution in [0.25, 0.3) is 10.9 Å². The Kier molecular flexibility index (Phi) is 3.38. The number of benzene rings is 1. The molecule has 0 bridgehead atoms. The van der Waals surface area contributed by atoms with Gasteiger partial charge in [0, 0.05) is 17.5 Å². The van der Waals surface area contributed by atoms with Gasteiger partial charge in [0.15, 0.2) is 0 Å². The summed E-state index contributed by atoms with van der Waals surface area (Å²) >= 11 is 0. The van der Waals surface area contributed by atoms with Crippen LogP contribution in [0.3, 0.4) is 0 Å². The van der Waals surface area contributed by atoms with E-state index >= 15 is 0 Å². The van der Waals surface area contributed by atoms with Gasteiger partial charge in [-0.25, -0.2) is 4.98 Å². The Morgan fingerprint density at radius 1 is 1.04 bits per heavy atom. The zero-order valence-electron chi connectivity index (χ0n) is 12.5. The maximum atomic E-state index is 11.7. The van der Waals surface area contributed by atoms with Gasteiger partial charge in [0.25, 0.3) is 0 Å². The fourth-order valence-electron chi connectivity index (χ4n) is 2.47. The van der Waals surface area contributed by atoms with E-state index < -0.39 is 0 Å². The number of hydrogen-bond donors (Lipinski definition) is 2. The molecule has 1 saturated carbocycles. The van der Waals surface area contributed by atoms with Gasteiger partial charge in [-0.3, -0.25) is 9.78 Å². The van der Waals surface area contributed by atoms with Crippen LogP contribution in [0.5, 0.6) is 0 Å². The molecule has 0 atom stereocenters. The SMILES string of the molecule is O=C(Nc1ccc(Nc2cccc3cccnc23)nc1)C1CC1. The first-order valence-electron chi connectivity index (χ1n) is 7.67. The Hall–Kier alpha value is -2.95. The standard InChI is InChI=1S/C18H16N4O/c23-18(13-6-7-13)21-14-8-9-16(20-11-14)22-15-5-1-3-12-4-2-10-19-17(12)15/h1-5,8-11,13H,6-7H2,(H,20,22)(H,21,23). The van der Waals surface area contributed by atoms with Crippen molar-refractivity contribution in [3.05, 3.63) is 54.9 Å². The molecule has 2 aromatic heterocycles. The molecule has 0 spiro atoms. The molecule has 1 amide bonds. The maximum Gasteiger partial charge on any atom is 0.227 e.